The van der Waals surface area contributed by atoms with Gasteiger partial charge in [0.15, 0.2) is 5.78 Å². The van der Waals surface area contributed by atoms with Crippen molar-refractivity contribution >= 4 is 17.6 Å². The zero-order chi connectivity index (χ0) is 11.3. The predicted molar refractivity (Wildman–Crippen MR) is 51.3 cm³/mol. The minimum absolute atomic E-state index is 0.148. The van der Waals surface area contributed by atoms with Crippen LogP contribution in [0.2, 0.25) is 0 Å². The summed E-state index contributed by atoms with van der Waals surface area (Å²) in [5.74, 6) is -0.926. The van der Waals surface area contributed by atoms with Gasteiger partial charge in [0.25, 0.3) is 5.91 Å². The van der Waals surface area contributed by atoms with Crippen LogP contribution < -0.4 is 5.73 Å². The van der Waals surface area contributed by atoms with E-state index in [1.54, 1.807) is 11.8 Å². The number of hydrogen-bond donors (Lipinski definition) is 1. The highest BCUT2D eigenvalue weighted by Gasteiger charge is 2.18. The summed E-state index contributed by atoms with van der Waals surface area (Å²) in [7, 11) is 0. The molecule has 0 aromatic carbocycles. The van der Waals surface area contributed by atoms with Gasteiger partial charge in [0, 0.05) is 20.0 Å². The Bertz CT molecular complexity index is 264. The predicted octanol–water partition coefficient (Wildman–Crippen LogP) is -0.535. The van der Waals surface area contributed by atoms with Gasteiger partial charge in [0.05, 0.1) is 5.57 Å². The highest BCUT2D eigenvalue weighted by atomic mass is 16.2. The van der Waals surface area contributed by atoms with Crippen molar-refractivity contribution in [2.45, 2.75) is 13.8 Å². The Kier molecular flexibility index (Phi) is 4.55. The lowest BCUT2D eigenvalue weighted by Crippen LogP contribution is -2.17. The van der Waals surface area contributed by atoms with Crippen molar-refractivity contribution in [1.29, 1.82) is 0 Å². The second-order valence-electron chi connectivity index (χ2n) is 2.91. The van der Waals surface area contributed by atoms with E-state index in [9.17, 15) is 14.4 Å². The molecule has 1 heterocycles. The van der Waals surface area contributed by atoms with E-state index in [2.05, 4.69) is 12.3 Å². The molecule has 0 spiro atoms. The lowest BCUT2D eigenvalue weighted by Gasteiger charge is -1.88. The Morgan fingerprint density at radius 2 is 1.64 bits per heavy atom. The van der Waals surface area contributed by atoms with E-state index in [0.29, 0.717) is 0 Å². The number of nitrogens with zero attached hydrogens (tertiary/aromatic N) is 1. The molecule has 0 aromatic rings. The summed E-state index contributed by atoms with van der Waals surface area (Å²) in [6.07, 6.45) is 0. The Labute approximate surface area is 82.6 Å². The van der Waals surface area contributed by atoms with Crippen LogP contribution in [-0.4, -0.2) is 35.6 Å². The van der Waals surface area contributed by atoms with Crippen LogP contribution in [0.25, 0.3) is 0 Å². The zero-order valence-electron chi connectivity index (χ0n) is 8.37. The van der Waals surface area contributed by atoms with Gasteiger partial charge in [-0.25, -0.2) is 0 Å². The Morgan fingerprint density at radius 3 is 1.64 bits per heavy atom. The SMILES string of the molecule is C=C(C(C)=O)C(N)=O.CC(=O)N1CC1. The number of amides is 2. The second kappa shape index (κ2) is 5.16. The van der Waals surface area contributed by atoms with Crippen LogP contribution in [0.5, 0.6) is 0 Å². The van der Waals surface area contributed by atoms with Gasteiger partial charge in [0.1, 0.15) is 0 Å². The maximum absolute atomic E-state index is 10.2. The molecule has 5 nitrogen and oxygen atoms in total. The van der Waals surface area contributed by atoms with Crippen molar-refractivity contribution in [3.05, 3.63) is 12.2 Å². The number of carbonyl (C=O) groups is 3. The molecule has 0 bridgehead atoms. The maximum Gasteiger partial charge on any atom is 0.251 e. The van der Waals surface area contributed by atoms with Crippen molar-refractivity contribution in [3.63, 3.8) is 0 Å². The second-order valence-corrected chi connectivity index (χ2v) is 2.91. The van der Waals surface area contributed by atoms with E-state index < -0.39 is 5.91 Å². The van der Waals surface area contributed by atoms with Crippen LogP contribution in [-0.2, 0) is 14.4 Å². The van der Waals surface area contributed by atoms with Crippen LogP contribution >= 0.6 is 0 Å². The molecule has 1 aliphatic rings. The van der Waals surface area contributed by atoms with Gasteiger partial charge in [0.2, 0.25) is 5.91 Å². The smallest absolute Gasteiger partial charge is 0.251 e. The number of carbonyl (C=O) groups excluding carboxylic acids is 3. The molecule has 0 atom stereocenters. The van der Waals surface area contributed by atoms with Gasteiger partial charge in [-0.15, -0.1) is 0 Å². The first-order valence-corrected chi connectivity index (χ1v) is 4.11. The lowest BCUT2D eigenvalue weighted by atomic mass is 10.2. The molecule has 14 heavy (non-hydrogen) atoms. The molecule has 1 aliphatic heterocycles. The summed E-state index contributed by atoms with van der Waals surface area (Å²) in [5.41, 5.74) is 4.53. The minimum atomic E-state index is -0.752. The fourth-order valence-corrected chi connectivity index (χ4v) is 0.538. The summed E-state index contributed by atoms with van der Waals surface area (Å²) in [6, 6.07) is 0. The topological polar surface area (TPSA) is 80.2 Å². The first kappa shape index (κ1) is 12.3. The number of nitrogens with two attached hydrogens (primary N) is 1. The summed E-state index contributed by atoms with van der Waals surface area (Å²) < 4.78 is 0. The Hall–Kier alpha value is -1.65. The maximum atomic E-state index is 10.2. The van der Waals surface area contributed by atoms with Gasteiger partial charge < -0.3 is 10.6 Å². The Morgan fingerprint density at radius 1 is 1.21 bits per heavy atom. The average Bonchev–Trinajstić information content (AvgIpc) is 2.85. The average molecular weight is 198 g/mol. The highest BCUT2D eigenvalue weighted by Crippen LogP contribution is 2.00. The molecule has 1 rings (SSSR count). The van der Waals surface area contributed by atoms with Crippen molar-refractivity contribution in [3.8, 4) is 0 Å². The molecular weight excluding hydrogens is 184 g/mol. The van der Waals surface area contributed by atoms with Crippen molar-refractivity contribution in [2.24, 2.45) is 5.73 Å². The first-order valence-electron chi connectivity index (χ1n) is 4.11. The van der Waals surface area contributed by atoms with E-state index >= 15 is 0 Å². The summed E-state index contributed by atoms with van der Waals surface area (Å²) in [4.78, 5) is 32.1. The molecule has 5 heteroatoms. The minimum Gasteiger partial charge on any atom is -0.366 e. The standard InChI is InChI=1S/C5H7NO2.C4H7NO/c1-3(4(2)7)5(6)8;1-4(6)5-2-3-5/h1H2,2H3,(H2,6,8);2-3H2,1H3. The normalized spacial score (nSPS) is 12.3. The highest BCUT2D eigenvalue weighted by molar-refractivity contribution is 6.17. The summed E-state index contributed by atoms with van der Waals surface area (Å²) >= 11 is 0. The fourth-order valence-electron chi connectivity index (χ4n) is 0.538. The molecule has 1 saturated heterocycles. The quantitative estimate of drug-likeness (QED) is 0.280. The van der Waals surface area contributed by atoms with Gasteiger partial charge in [-0.3, -0.25) is 14.4 Å². The molecule has 0 aromatic heterocycles. The van der Waals surface area contributed by atoms with Crippen molar-refractivity contribution in [2.75, 3.05) is 13.1 Å². The third-order valence-electron chi connectivity index (χ3n) is 1.61. The van der Waals surface area contributed by atoms with E-state index in [4.69, 9.17) is 0 Å². The fraction of sp³-hybridized carbons (Fsp3) is 0.444. The van der Waals surface area contributed by atoms with Gasteiger partial charge >= 0.3 is 0 Å². The van der Waals surface area contributed by atoms with E-state index in [-0.39, 0.29) is 17.3 Å². The molecule has 0 saturated carbocycles. The molecule has 78 valence electrons. The molecule has 0 unspecified atom stereocenters. The molecule has 0 aliphatic carbocycles. The van der Waals surface area contributed by atoms with Gasteiger partial charge in [-0.05, 0) is 6.92 Å². The number of rotatable bonds is 2. The number of ketones is 1. The molecule has 2 N–H and O–H groups in total. The molecule has 0 radical (unpaired) electrons. The van der Waals surface area contributed by atoms with Crippen LogP contribution in [0.1, 0.15) is 13.8 Å². The number of hydrogen-bond acceptors (Lipinski definition) is 3. The van der Waals surface area contributed by atoms with E-state index in [0.717, 1.165) is 13.1 Å². The van der Waals surface area contributed by atoms with Gasteiger partial charge in [-0.1, -0.05) is 6.58 Å². The van der Waals surface area contributed by atoms with Crippen LogP contribution in [0.4, 0.5) is 0 Å². The summed E-state index contributed by atoms with van der Waals surface area (Å²) in [5, 5.41) is 0. The van der Waals surface area contributed by atoms with Crippen molar-refractivity contribution in [1.82, 2.24) is 4.90 Å². The molecule has 2 amide bonds. The van der Waals surface area contributed by atoms with Gasteiger partial charge in [-0.2, -0.15) is 0 Å². The molecule has 1 fully saturated rings. The van der Waals surface area contributed by atoms with Crippen LogP contribution in [0.15, 0.2) is 12.2 Å². The van der Waals surface area contributed by atoms with Crippen molar-refractivity contribution < 1.29 is 14.4 Å². The number of Topliss-reactive ketones (excluding diaryl/α,β-unsaturated/α-hetero) is 1. The first-order chi connectivity index (χ1) is 6.36. The van der Waals surface area contributed by atoms with E-state index in [1.165, 1.54) is 6.92 Å². The largest absolute Gasteiger partial charge is 0.366 e. The van der Waals surface area contributed by atoms with Crippen LogP contribution in [0.3, 0.4) is 0 Å². The zero-order valence-corrected chi connectivity index (χ0v) is 8.37. The summed E-state index contributed by atoms with van der Waals surface area (Å²) in [6.45, 7) is 7.93. The third kappa shape index (κ3) is 5.08. The van der Waals surface area contributed by atoms with E-state index in [1.807, 2.05) is 0 Å². The lowest BCUT2D eigenvalue weighted by molar-refractivity contribution is -0.123. The number of primary amides is 1. The monoisotopic (exact) mass is 198 g/mol. The van der Waals surface area contributed by atoms with Crippen LogP contribution in [0, 0.1) is 0 Å². The molecular formula is C9H14N2O3. The Balaban J connectivity index is 0.000000249. The third-order valence-corrected chi connectivity index (χ3v) is 1.61.